The molecule has 3 nitrogen and oxygen atoms in total. The average molecular weight is 505 g/mol. The standard InChI is InChI=1S/C13H10NS.C5H8O2.Ir/c1-2-7-12-10(5-1)9-13(15-12)11-6-3-4-8-14-11;1-4(6)3-5(2)7;/h1-8,10,12H;3H2,1-2H3;/q-1;;. The van der Waals surface area contributed by atoms with Gasteiger partial charge in [0.25, 0.3) is 0 Å². The number of thioether (sulfide) groups is 1. The first kappa shape index (κ1) is 19.8. The number of fused-ring (bicyclic) bond motifs is 1. The van der Waals surface area contributed by atoms with Gasteiger partial charge in [0.05, 0.1) is 6.42 Å². The summed E-state index contributed by atoms with van der Waals surface area (Å²) in [5.74, 6) is 0.303. The molecule has 0 bridgehead atoms. The van der Waals surface area contributed by atoms with Crippen molar-refractivity contribution in [1.29, 1.82) is 0 Å². The van der Waals surface area contributed by atoms with Gasteiger partial charge in [-0.25, -0.2) is 0 Å². The number of hydrogen-bond donors (Lipinski definition) is 0. The van der Waals surface area contributed by atoms with Gasteiger partial charge >= 0.3 is 0 Å². The van der Waals surface area contributed by atoms with E-state index in [9.17, 15) is 9.59 Å². The normalized spacial score (nSPS) is 20.5. The summed E-state index contributed by atoms with van der Waals surface area (Å²) >= 11 is 1.85. The molecule has 1 aliphatic heterocycles. The van der Waals surface area contributed by atoms with Gasteiger partial charge in [-0.15, -0.1) is 11.0 Å². The number of Topliss-reactive ketones (excluding diaryl/α,β-unsaturated/α-hetero) is 2. The molecule has 1 aliphatic carbocycles. The molecule has 2 aliphatic rings. The topological polar surface area (TPSA) is 47.0 Å². The molecule has 23 heavy (non-hydrogen) atoms. The molecule has 0 saturated heterocycles. The van der Waals surface area contributed by atoms with Gasteiger partial charge in [0, 0.05) is 31.6 Å². The van der Waals surface area contributed by atoms with Crippen molar-refractivity contribution in [2.45, 2.75) is 25.5 Å². The molecule has 0 fully saturated rings. The van der Waals surface area contributed by atoms with E-state index >= 15 is 0 Å². The van der Waals surface area contributed by atoms with Crippen LogP contribution in [0.2, 0.25) is 0 Å². The van der Waals surface area contributed by atoms with Crippen molar-refractivity contribution < 1.29 is 29.7 Å². The largest absolute Gasteiger partial charge is 0.350 e. The van der Waals surface area contributed by atoms with E-state index in [4.69, 9.17) is 0 Å². The Kier molecular flexibility index (Phi) is 8.38. The van der Waals surface area contributed by atoms with Crippen LogP contribution in [0.3, 0.4) is 0 Å². The third-order valence-corrected chi connectivity index (χ3v) is 4.32. The number of nitrogens with zero attached hydrogens (tertiary/aromatic N) is 1. The van der Waals surface area contributed by atoms with Crippen molar-refractivity contribution in [2.24, 2.45) is 5.92 Å². The fourth-order valence-electron chi connectivity index (χ4n) is 2.13. The van der Waals surface area contributed by atoms with E-state index in [1.165, 1.54) is 18.8 Å². The van der Waals surface area contributed by atoms with Crippen LogP contribution in [-0.2, 0) is 29.7 Å². The summed E-state index contributed by atoms with van der Waals surface area (Å²) in [5.41, 5.74) is 1.04. The minimum Gasteiger partial charge on any atom is -0.350 e. The van der Waals surface area contributed by atoms with Crippen LogP contribution in [0.1, 0.15) is 26.0 Å². The molecular weight excluding hydrogens is 486 g/mol. The van der Waals surface area contributed by atoms with Crippen molar-refractivity contribution in [2.75, 3.05) is 0 Å². The van der Waals surface area contributed by atoms with Gasteiger partial charge < -0.3 is 4.98 Å². The maximum atomic E-state index is 10.0. The predicted octanol–water partition coefficient (Wildman–Crippen LogP) is 3.64. The molecule has 2 unspecified atom stereocenters. The first-order chi connectivity index (χ1) is 10.6. The van der Waals surface area contributed by atoms with Gasteiger partial charge in [0.15, 0.2) is 0 Å². The summed E-state index contributed by atoms with van der Waals surface area (Å²) in [6, 6.07) is 6.00. The molecule has 1 radical (unpaired) electrons. The smallest absolute Gasteiger partial charge is 0.137 e. The molecule has 1 aromatic heterocycles. The van der Waals surface area contributed by atoms with Crippen molar-refractivity contribution in [3.8, 4) is 0 Å². The van der Waals surface area contributed by atoms with Crippen molar-refractivity contribution in [3.05, 3.63) is 60.5 Å². The molecule has 2 heterocycles. The monoisotopic (exact) mass is 505 g/mol. The number of carbonyl (C=O) groups excluding carboxylic acids is 2. The van der Waals surface area contributed by atoms with Gasteiger partial charge in [-0.1, -0.05) is 42.0 Å². The van der Waals surface area contributed by atoms with Gasteiger partial charge in [0.2, 0.25) is 0 Å². The third-order valence-electron chi connectivity index (χ3n) is 3.03. The van der Waals surface area contributed by atoms with E-state index < -0.39 is 0 Å². The van der Waals surface area contributed by atoms with Gasteiger partial charge in [-0.3, -0.25) is 15.7 Å². The maximum Gasteiger partial charge on any atom is 0.137 e. The van der Waals surface area contributed by atoms with Crippen LogP contribution in [0.5, 0.6) is 0 Å². The van der Waals surface area contributed by atoms with E-state index in [0.717, 1.165) is 5.69 Å². The van der Waals surface area contributed by atoms with Crippen molar-refractivity contribution in [1.82, 2.24) is 4.98 Å². The minimum atomic E-state index is -0.0625. The Morgan fingerprint density at radius 3 is 2.39 bits per heavy atom. The number of aromatic nitrogens is 1. The Bertz CT molecular complexity index is 626. The first-order valence-corrected chi connectivity index (χ1v) is 7.99. The molecule has 3 rings (SSSR count). The Labute approximate surface area is 154 Å². The molecule has 2 atom stereocenters. The zero-order valence-corrected chi connectivity index (χ0v) is 16.2. The van der Waals surface area contributed by atoms with Gasteiger partial charge in [-0.05, 0) is 19.9 Å². The Morgan fingerprint density at radius 1 is 1.17 bits per heavy atom. The number of allylic oxidation sites excluding steroid dienone is 4. The van der Waals surface area contributed by atoms with Crippen molar-refractivity contribution in [3.63, 3.8) is 0 Å². The average Bonchev–Trinajstić information content (AvgIpc) is 2.91. The zero-order chi connectivity index (χ0) is 15.9. The Balaban J connectivity index is 0.000000287. The van der Waals surface area contributed by atoms with Crippen LogP contribution in [-0.4, -0.2) is 21.8 Å². The number of carbonyl (C=O) groups is 2. The fourth-order valence-corrected chi connectivity index (χ4v) is 3.33. The molecule has 0 spiro atoms. The first-order valence-electron chi connectivity index (χ1n) is 7.11. The van der Waals surface area contributed by atoms with Gasteiger partial charge in [-0.2, -0.15) is 11.8 Å². The second kappa shape index (κ2) is 9.76. The quantitative estimate of drug-likeness (QED) is 0.466. The van der Waals surface area contributed by atoms with Crippen molar-refractivity contribution >= 4 is 28.2 Å². The van der Waals surface area contributed by atoms with E-state index in [1.807, 2.05) is 36.2 Å². The van der Waals surface area contributed by atoms with E-state index in [-0.39, 0.29) is 38.1 Å². The van der Waals surface area contributed by atoms with E-state index in [0.29, 0.717) is 11.2 Å². The Morgan fingerprint density at radius 2 is 1.87 bits per heavy atom. The molecule has 0 saturated carbocycles. The van der Waals surface area contributed by atoms with Crippen LogP contribution < -0.4 is 0 Å². The van der Waals surface area contributed by atoms with Crippen LogP contribution >= 0.6 is 11.8 Å². The summed E-state index contributed by atoms with van der Waals surface area (Å²) in [4.78, 5) is 25.6. The molecule has 0 amide bonds. The number of ketones is 2. The SMILES string of the molecule is CC(=O)CC(C)=O.[C-]1=C(c2ccccn2)SC2C=CC=CC12.[Ir]. The summed E-state index contributed by atoms with van der Waals surface area (Å²) in [6.07, 6.45) is 14.0. The van der Waals surface area contributed by atoms with Gasteiger partial charge in [0.1, 0.15) is 11.6 Å². The number of rotatable bonds is 3. The minimum absolute atomic E-state index is 0. The molecule has 0 N–H and O–H groups in total. The van der Waals surface area contributed by atoms with E-state index in [1.54, 1.807) is 0 Å². The van der Waals surface area contributed by atoms with Crippen LogP contribution in [0.15, 0.2) is 48.7 Å². The molecular formula is C18H18IrNO2S-. The van der Waals surface area contributed by atoms with E-state index in [2.05, 4.69) is 35.4 Å². The number of hydrogen-bond acceptors (Lipinski definition) is 4. The summed E-state index contributed by atoms with van der Waals surface area (Å²) in [6.45, 7) is 2.81. The second-order valence-corrected chi connectivity index (χ2v) is 6.34. The molecule has 5 heteroatoms. The third kappa shape index (κ3) is 6.38. The maximum absolute atomic E-state index is 10.0. The van der Waals surface area contributed by atoms with Crippen LogP contribution in [0.4, 0.5) is 0 Å². The molecule has 1 aromatic rings. The summed E-state index contributed by atoms with van der Waals surface area (Å²) in [7, 11) is 0. The number of pyridine rings is 1. The summed E-state index contributed by atoms with van der Waals surface area (Å²) < 4.78 is 0. The molecule has 123 valence electrons. The fraction of sp³-hybridized carbons (Fsp3) is 0.278. The summed E-state index contributed by atoms with van der Waals surface area (Å²) in [5, 5.41) is 0.520. The molecule has 0 aromatic carbocycles. The zero-order valence-electron chi connectivity index (χ0n) is 13.0. The van der Waals surface area contributed by atoms with Crippen LogP contribution in [0, 0.1) is 12.0 Å². The van der Waals surface area contributed by atoms with Crippen LogP contribution in [0.25, 0.3) is 4.91 Å². The second-order valence-electron chi connectivity index (χ2n) is 5.15. The Hall–Kier alpha value is -1.29. The predicted molar refractivity (Wildman–Crippen MR) is 90.0 cm³/mol.